The second-order valence-corrected chi connectivity index (χ2v) is 6.50. The van der Waals surface area contributed by atoms with Crippen LogP contribution in [0.25, 0.3) is 21.8 Å². The normalized spacial score (nSPS) is 11.1. The van der Waals surface area contributed by atoms with Crippen LogP contribution in [0.15, 0.2) is 66.7 Å². The van der Waals surface area contributed by atoms with Crippen molar-refractivity contribution in [3.05, 3.63) is 72.3 Å². The Hall–Kier alpha value is -3.27. The standard InChI is InChI=1S/C22H20N2O2/c25-17-11-9-16(10-12-17)23-22(26)7-3-4-15-8-13-19-18-5-1-2-6-20(18)24-21(19)14-15/h1-2,5-6,8-14,24-25H,3-4,7H2,(H,23,26). The van der Waals surface area contributed by atoms with Gasteiger partial charge < -0.3 is 15.4 Å². The molecule has 0 aliphatic carbocycles. The summed E-state index contributed by atoms with van der Waals surface area (Å²) in [5.74, 6) is 0.178. The van der Waals surface area contributed by atoms with Gasteiger partial charge in [0, 0.05) is 33.9 Å². The lowest BCUT2D eigenvalue weighted by molar-refractivity contribution is -0.116. The quantitative estimate of drug-likeness (QED) is 0.447. The van der Waals surface area contributed by atoms with Crippen LogP contribution in [0.5, 0.6) is 5.75 Å². The van der Waals surface area contributed by atoms with Gasteiger partial charge in [-0.05, 0) is 54.8 Å². The lowest BCUT2D eigenvalue weighted by Gasteiger charge is -2.06. The van der Waals surface area contributed by atoms with Crippen LogP contribution in [0.3, 0.4) is 0 Å². The molecule has 0 saturated heterocycles. The minimum Gasteiger partial charge on any atom is -0.508 e. The van der Waals surface area contributed by atoms with Gasteiger partial charge >= 0.3 is 0 Å². The number of aromatic hydroxyl groups is 1. The lowest BCUT2D eigenvalue weighted by Crippen LogP contribution is -2.11. The minimum atomic E-state index is -0.0117. The van der Waals surface area contributed by atoms with E-state index in [1.165, 1.54) is 16.3 Å². The highest BCUT2D eigenvalue weighted by molar-refractivity contribution is 6.07. The summed E-state index contributed by atoms with van der Waals surface area (Å²) in [5.41, 5.74) is 4.21. The summed E-state index contributed by atoms with van der Waals surface area (Å²) >= 11 is 0. The summed E-state index contributed by atoms with van der Waals surface area (Å²) in [7, 11) is 0. The Labute approximate surface area is 151 Å². The first-order chi connectivity index (χ1) is 12.7. The smallest absolute Gasteiger partial charge is 0.224 e. The molecule has 1 heterocycles. The monoisotopic (exact) mass is 344 g/mol. The van der Waals surface area contributed by atoms with Crippen LogP contribution in [-0.2, 0) is 11.2 Å². The second kappa shape index (κ2) is 6.92. The molecule has 0 fully saturated rings. The van der Waals surface area contributed by atoms with Crippen molar-refractivity contribution < 1.29 is 9.90 Å². The van der Waals surface area contributed by atoms with Crippen molar-refractivity contribution in [3.8, 4) is 5.75 Å². The number of phenolic OH excluding ortho intramolecular Hbond substituents is 1. The van der Waals surface area contributed by atoms with Gasteiger partial charge in [0.05, 0.1) is 0 Å². The summed E-state index contributed by atoms with van der Waals surface area (Å²) in [4.78, 5) is 15.5. The summed E-state index contributed by atoms with van der Waals surface area (Å²) in [6.07, 6.45) is 2.11. The fourth-order valence-electron chi connectivity index (χ4n) is 3.28. The van der Waals surface area contributed by atoms with Crippen molar-refractivity contribution in [2.45, 2.75) is 19.3 Å². The van der Waals surface area contributed by atoms with E-state index in [0.717, 1.165) is 23.9 Å². The molecule has 0 spiro atoms. The van der Waals surface area contributed by atoms with Crippen molar-refractivity contribution in [1.29, 1.82) is 0 Å². The SMILES string of the molecule is O=C(CCCc1ccc2c(c1)[nH]c1ccccc12)Nc1ccc(O)cc1. The topological polar surface area (TPSA) is 65.1 Å². The van der Waals surface area contributed by atoms with Gasteiger partial charge in [0.25, 0.3) is 0 Å². The second-order valence-electron chi connectivity index (χ2n) is 6.50. The molecule has 1 aromatic heterocycles. The fraction of sp³-hybridized carbons (Fsp3) is 0.136. The predicted octanol–water partition coefficient (Wildman–Crippen LogP) is 4.99. The Bertz CT molecular complexity index is 1060. The molecule has 0 unspecified atom stereocenters. The first kappa shape index (κ1) is 16.2. The number of para-hydroxylation sites is 1. The molecule has 0 atom stereocenters. The number of aromatic nitrogens is 1. The minimum absolute atomic E-state index is 0.0117. The number of rotatable bonds is 5. The molecule has 4 heteroatoms. The van der Waals surface area contributed by atoms with E-state index in [-0.39, 0.29) is 11.7 Å². The van der Waals surface area contributed by atoms with Gasteiger partial charge in [-0.1, -0.05) is 30.3 Å². The summed E-state index contributed by atoms with van der Waals surface area (Å²) in [6.45, 7) is 0. The number of carbonyl (C=O) groups excluding carboxylic acids is 1. The fourth-order valence-corrected chi connectivity index (χ4v) is 3.28. The van der Waals surface area contributed by atoms with Crippen LogP contribution >= 0.6 is 0 Å². The number of carbonyl (C=O) groups is 1. The number of anilines is 1. The van der Waals surface area contributed by atoms with Crippen LogP contribution in [0.2, 0.25) is 0 Å². The highest BCUT2D eigenvalue weighted by Crippen LogP contribution is 2.26. The highest BCUT2D eigenvalue weighted by atomic mass is 16.3. The maximum atomic E-state index is 12.0. The number of fused-ring (bicyclic) bond motifs is 3. The van der Waals surface area contributed by atoms with Crippen molar-refractivity contribution in [2.75, 3.05) is 5.32 Å². The van der Waals surface area contributed by atoms with E-state index in [0.29, 0.717) is 12.1 Å². The number of aryl methyl sites for hydroxylation is 1. The molecule has 0 saturated carbocycles. The van der Waals surface area contributed by atoms with Gasteiger partial charge in [-0.2, -0.15) is 0 Å². The summed E-state index contributed by atoms with van der Waals surface area (Å²) in [5, 5.41) is 14.6. The number of benzene rings is 3. The zero-order valence-electron chi connectivity index (χ0n) is 14.3. The van der Waals surface area contributed by atoms with Gasteiger partial charge in [-0.25, -0.2) is 0 Å². The van der Waals surface area contributed by atoms with Crippen LogP contribution in [0.1, 0.15) is 18.4 Å². The van der Waals surface area contributed by atoms with Crippen molar-refractivity contribution in [1.82, 2.24) is 4.98 Å². The first-order valence-corrected chi connectivity index (χ1v) is 8.77. The van der Waals surface area contributed by atoms with Crippen molar-refractivity contribution in [3.63, 3.8) is 0 Å². The molecular formula is C22H20N2O2. The molecule has 130 valence electrons. The molecule has 3 aromatic carbocycles. The predicted molar refractivity (Wildman–Crippen MR) is 105 cm³/mol. The Balaban J connectivity index is 1.37. The molecule has 3 N–H and O–H groups in total. The van der Waals surface area contributed by atoms with E-state index < -0.39 is 0 Å². The summed E-state index contributed by atoms with van der Waals surface area (Å²) < 4.78 is 0. The molecule has 4 rings (SSSR count). The Morgan fingerprint density at radius 1 is 0.923 bits per heavy atom. The molecule has 26 heavy (non-hydrogen) atoms. The summed E-state index contributed by atoms with van der Waals surface area (Å²) in [6, 6.07) is 21.3. The third kappa shape index (κ3) is 3.40. The number of amides is 1. The number of H-pyrrole nitrogens is 1. The highest BCUT2D eigenvalue weighted by Gasteiger charge is 2.06. The Morgan fingerprint density at radius 2 is 1.69 bits per heavy atom. The van der Waals surface area contributed by atoms with E-state index in [1.54, 1.807) is 24.3 Å². The van der Waals surface area contributed by atoms with E-state index in [4.69, 9.17) is 0 Å². The van der Waals surface area contributed by atoms with Gasteiger partial charge in [0.2, 0.25) is 5.91 Å². The average Bonchev–Trinajstić information content (AvgIpc) is 3.01. The van der Waals surface area contributed by atoms with E-state index in [9.17, 15) is 9.90 Å². The lowest BCUT2D eigenvalue weighted by atomic mass is 10.1. The van der Waals surface area contributed by atoms with Crippen molar-refractivity contribution in [2.24, 2.45) is 0 Å². The molecule has 0 bridgehead atoms. The Morgan fingerprint density at radius 3 is 2.54 bits per heavy atom. The number of hydrogen-bond donors (Lipinski definition) is 3. The molecule has 0 radical (unpaired) electrons. The first-order valence-electron chi connectivity index (χ1n) is 8.77. The zero-order chi connectivity index (χ0) is 17.9. The van der Waals surface area contributed by atoms with Crippen LogP contribution in [0.4, 0.5) is 5.69 Å². The van der Waals surface area contributed by atoms with E-state index in [1.807, 2.05) is 6.07 Å². The van der Waals surface area contributed by atoms with E-state index >= 15 is 0 Å². The zero-order valence-corrected chi connectivity index (χ0v) is 14.3. The van der Waals surface area contributed by atoms with Gasteiger partial charge in [0.1, 0.15) is 5.75 Å². The maximum Gasteiger partial charge on any atom is 0.224 e. The van der Waals surface area contributed by atoms with Crippen LogP contribution in [0, 0.1) is 0 Å². The maximum absolute atomic E-state index is 12.0. The Kier molecular flexibility index (Phi) is 4.32. The number of aromatic amines is 1. The molecule has 0 aliphatic heterocycles. The average molecular weight is 344 g/mol. The number of nitrogens with one attached hydrogen (secondary N) is 2. The number of phenols is 1. The van der Waals surface area contributed by atoms with Crippen LogP contribution in [-0.4, -0.2) is 16.0 Å². The molecule has 4 aromatic rings. The van der Waals surface area contributed by atoms with Gasteiger partial charge in [-0.3, -0.25) is 4.79 Å². The molecule has 4 nitrogen and oxygen atoms in total. The van der Waals surface area contributed by atoms with Gasteiger partial charge in [0.15, 0.2) is 0 Å². The third-order valence-electron chi connectivity index (χ3n) is 4.59. The molecule has 1 amide bonds. The van der Waals surface area contributed by atoms with Crippen molar-refractivity contribution >= 4 is 33.4 Å². The largest absolute Gasteiger partial charge is 0.508 e. The third-order valence-corrected chi connectivity index (χ3v) is 4.59. The number of hydrogen-bond acceptors (Lipinski definition) is 2. The van der Waals surface area contributed by atoms with Crippen LogP contribution < -0.4 is 5.32 Å². The van der Waals surface area contributed by atoms with E-state index in [2.05, 4.69) is 46.7 Å². The molecule has 0 aliphatic rings. The molecular weight excluding hydrogens is 324 g/mol. The van der Waals surface area contributed by atoms with Gasteiger partial charge in [-0.15, -0.1) is 0 Å².